The van der Waals surface area contributed by atoms with Gasteiger partial charge in [0.25, 0.3) is 0 Å². The number of carboxylic acids is 1. The van der Waals surface area contributed by atoms with Gasteiger partial charge in [0.05, 0.1) is 6.26 Å². The van der Waals surface area contributed by atoms with Crippen LogP contribution in [0, 0.1) is 6.92 Å². The predicted octanol–water partition coefficient (Wildman–Crippen LogP) is 5.00. The van der Waals surface area contributed by atoms with Gasteiger partial charge in [0.2, 0.25) is 0 Å². The first-order chi connectivity index (χ1) is 13.5. The van der Waals surface area contributed by atoms with E-state index in [-0.39, 0.29) is 25.2 Å². The van der Waals surface area contributed by atoms with Crippen molar-refractivity contribution in [2.45, 2.75) is 32.3 Å². The number of hydrogen-bond acceptors (Lipinski definition) is 4. The van der Waals surface area contributed by atoms with Crippen molar-refractivity contribution in [3.8, 4) is 5.75 Å². The van der Waals surface area contributed by atoms with Gasteiger partial charge >= 0.3 is 5.97 Å². The molecular weight excluding hydrogens is 356 g/mol. The second-order valence-corrected chi connectivity index (χ2v) is 6.60. The number of carbonyl (C=O) groups is 2. The van der Waals surface area contributed by atoms with Crippen LogP contribution < -0.4 is 4.74 Å². The SMILES string of the molecule is Cc1ccccc1[C@H](CCC(=O)O)C(=O)c1cccc(OCc2ccco2)c1. The molecule has 0 aliphatic heterocycles. The molecule has 0 bridgehead atoms. The third-order valence-electron chi connectivity index (χ3n) is 4.61. The van der Waals surface area contributed by atoms with Crippen molar-refractivity contribution in [2.24, 2.45) is 0 Å². The average molecular weight is 378 g/mol. The number of rotatable bonds is 9. The van der Waals surface area contributed by atoms with E-state index >= 15 is 0 Å². The van der Waals surface area contributed by atoms with E-state index in [2.05, 4.69) is 0 Å². The van der Waals surface area contributed by atoms with Gasteiger partial charge in [-0.25, -0.2) is 0 Å². The average Bonchev–Trinajstić information content (AvgIpc) is 3.21. The van der Waals surface area contributed by atoms with Crippen LogP contribution in [-0.2, 0) is 11.4 Å². The number of Topliss-reactive ketones (excluding diaryl/α,β-unsaturated/α-hetero) is 1. The highest BCUT2D eigenvalue weighted by Gasteiger charge is 2.24. The van der Waals surface area contributed by atoms with Crippen molar-refractivity contribution in [1.29, 1.82) is 0 Å². The van der Waals surface area contributed by atoms with E-state index in [9.17, 15) is 9.59 Å². The summed E-state index contributed by atoms with van der Waals surface area (Å²) in [5.41, 5.74) is 2.32. The standard InChI is InChI=1S/C23H22O5/c1-16-6-2-3-10-20(16)21(11-12-22(24)25)23(26)17-7-4-8-18(14-17)28-15-19-9-5-13-27-19/h2-10,13-14,21H,11-12,15H2,1H3,(H,24,25)/t21-/m0/s1. The normalized spacial score (nSPS) is 11.8. The van der Waals surface area contributed by atoms with Gasteiger partial charge in [0.1, 0.15) is 18.1 Å². The summed E-state index contributed by atoms with van der Waals surface area (Å²) in [5, 5.41) is 9.10. The first-order valence-electron chi connectivity index (χ1n) is 9.11. The van der Waals surface area contributed by atoms with Gasteiger partial charge in [0.15, 0.2) is 5.78 Å². The van der Waals surface area contributed by atoms with Crippen LogP contribution in [0.15, 0.2) is 71.3 Å². The molecule has 0 aliphatic carbocycles. The molecule has 144 valence electrons. The molecule has 5 nitrogen and oxygen atoms in total. The number of carbonyl (C=O) groups excluding carboxylic acids is 1. The zero-order chi connectivity index (χ0) is 19.9. The lowest BCUT2D eigenvalue weighted by atomic mass is 9.85. The molecular formula is C23H22O5. The minimum absolute atomic E-state index is 0.0700. The molecule has 1 atom stereocenters. The summed E-state index contributed by atoms with van der Waals surface area (Å²) in [5.74, 6) is -0.293. The Morgan fingerprint density at radius 1 is 1.07 bits per heavy atom. The summed E-state index contributed by atoms with van der Waals surface area (Å²) in [7, 11) is 0. The van der Waals surface area contributed by atoms with Crippen LogP contribution in [-0.4, -0.2) is 16.9 Å². The number of furan rings is 1. The zero-order valence-electron chi connectivity index (χ0n) is 15.6. The first-order valence-corrected chi connectivity index (χ1v) is 9.11. The van der Waals surface area contributed by atoms with E-state index in [1.807, 2.05) is 37.3 Å². The second kappa shape index (κ2) is 9.04. The molecule has 3 aromatic rings. The smallest absolute Gasteiger partial charge is 0.303 e. The molecule has 1 N–H and O–H groups in total. The predicted molar refractivity (Wildman–Crippen MR) is 105 cm³/mol. The quantitative estimate of drug-likeness (QED) is 0.530. The maximum atomic E-state index is 13.2. The molecule has 28 heavy (non-hydrogen) atoms. The summed E-state index contributed by atoms with van der Waals surface area (Å²) in [6.07, 6.45) is 1.75. The minimum Gasteiger partial charge on any atom is -0.486 e. The van der Waals surface area contributed by atoms with Crippen LogP contribution in [0.3, 0.4) is 0 Å². The fraction of sp³-hybridized carbons (Fsp3) is 0.217. The van der Waals surface area contributed by atoms with Gasteiger partial charge in [-0.2, -0.15) is 0 Å². The topological polar surface area (TPSA) is 76.7 Å². The molecule has 0 fully saturated rings. The second-order valence-electron chi connectivity index (χ2n) is 6.60. The van der Waals surface area contributed by atoms with Gasteiger partial charge in [-0.1, -0.05) is 36.4 Å². The fourth-order valence-corrected chi connectivity index (χ4v) is 3.16. The Kier molecular flexibility index (Phi) is 6.27. The van der Waals surface area contributed by atoms with Gasteiger partial charge in [-0.05, 0) is 48.7 Å². The van der Waals surface area contributed by atoms with Crippen molar-refractivity contribution >= 4 is 11.8 Å². The summed E-state index contributed by atoms with van der Waals surface area (Å²) in [4.78, 5) is 24.3. The van der Waals surface area contributed by atoms with Crippen LogP contribution in [0.4, 0.5) is 0 Å². The summed E-state index contributed by atoms with van der Waals surface area (Å²) >= 11 is 0. The van der Waals surface area contributed by atoms with Crippen LogP contribution >= 0.6 is 0 Å². The molecule has 0 radical (unpaired) electrons. The molecule has 0 saturated carbocycles. The van der Waals surface area contributed by atoms with E-state index in [1.54, 1.807) is 36.6 Å². The lowest BCUT2D eigenvalue weighted by molar-refractivity contribution is -0.137. The lowest BCUT2D eigenvalue weighted by Crippen LogP contribution is -2.16. The van der Waals surface area contributed by atoms with Crippen LogP contribution in [0.2, 0.25) is 0 Å². The Balaban J connectivity index is 1.82. The largest absolute Gasteiger partial charge is 0.486 e. The third kappa shape index (κ3) is 4.88. The number of hydrogen-bond donors (Lipinski definition) is 1. The highest BCUT2D eigenvalue weighted by molar-refractivity contribution is 6.01. The molecule has 3 rings (SSSR count). The molecule has 1 aromatic heterocycles. The van der Waals surface area contributed by atoms with Gasteiger partial charge in [0, 0.05) is 17.9 Å². The Hall–Kier alpha value is -3.34. The molecule has 5 heteroatoms. The number of aryl methyl sites for hydroxylation is 1. The monoisotopic (exact) mass is 378 g/mol. The van der Waals surface area contributed by atoms with Gasteiger partial charge in [-0.3, -0.25) is 9.59 Å². The van der Waals surface area contributed by atoms with Crippen LogP contribution in [0.1, 0.15) is 46.0 Å². The Labute approximate surface area is 163 Å². The fourth-order valence-electron chi connectivity index (χ4n) is 3.16. The van der Waals surface area contributed by atoms with Crippen molar-refractivity contribution in [1.82, 2.24) is 0 Å². The summed E-state index contributed by atoms with van der Waals surface area (Å²) in [6, 6.07) is 18.1. The van der Waals surface area contributed by atoms with E-state index < -0.39 is 11.9 Å². The third-order valence-corrected chi connectivity index (χ3v) is 4.61. The number of ketones is 1. The molecule has 0 spiro atoms. The molecule has 0 amide bonds. The maximum absolute atomic E-state index is 13.2. The highest BCUT2D eigenvalue weighted by atomic mass is 16.5. The molecule has 1 heterocycles. The Morgan fingerprint density at radius 2 is 1.89 bits per heavy atom. The van der Waals surface area contributed by atoms with Crippen LogP contribution in [0.5, 0.6) is 5.75 Å². The molecule has 0 unspecified atom stereocenters. The first kappa shape index (κ1) is 19.4. The summed E-state index contributed by atoms with van der Waals surface area (Å²) < 4.78 is 11.0. The highest BCUT2D eigenvalue weighted by Crippen LogP contribution is 2.29. The Bertz CT molecular complexity index is 943. The van der Waals surface area contributed by atoms with E-state index in [1.165, 1.54) is 0 Å². The van der Waals surface area contributed by atoms with E-state index in [0.29, 0.717) is 17.1 Å². The van der Waals surface area contributed by atoms with Gasteiger partial charge < -0.3 is 14.3 Å². The minimum atomic E-state index is -0.915. The summed E-state index contributed by atoms with van der Waals surface area (Å²) in [6.45, 7) is 2.20. The number of carboxylic acid groups (broad SMARTS) is 1. The number of benzene rings is 2. The number of aliphatic carboxylic acids is 1. The molecule has 0 aliphatic rings. The van der Waals surface area contributed by atoms with Crippen molar-refractivity contribution < 1.29 is 23.8 Å². The van der Waals surface area contributed by atoms with Crippen molar-refractivity contribution in [3.63, 3.8) is 0 Å². The Morgan fingerprint density at radius 3 is 2.61 bits per heavy atom. The zero-order valence-corrected chi connectivity index (χ0v) is 15.6. The molecule has 2 aromatic carbocycles. The van der Waals surface area contributed by atoms with Crippen molar-refractivity contribution in [2.75, 3.05) is 0 Å². The molecule has 0 saturated heterocycles. The number of ether oxygens (including phenoxy) is 1. The van der Waals surface area contributed by atoms with E-state index in [4.69, 9.17) is 14.3 Å². The van der Waals surface area contributed by atoms with Crippen molar-refractivity contribution in [3.05, 3.63) is 89.4 Å². The van der Waals surface area contributed by atoms with Crippen LogP contribution in [0.25, 0.3) is 0 Å². The lowest BCUT2D eigenvalue weighted by Gasteiger charge is -2.18. The van der Waals surface area contributed by atoms with E-state index in [0.717, 1.165) is 11.1 Å². The maximum Gasteiger partial charge on any atom is 0.303 e. The van der Waals surface area contributed by atoms with Gasteiger partial charge in [-0.15, -0.1) is 0 Å².